The van der Waals surface area contributed by atoms with Crippen LogP contribution in [0.25, 0.3) is 11.0 Å². The van der Waals surface area contributed by atoms with Gasteiger partial charge in [-0.15, -0.1) is 0 Å². The van der Waals surface area contributed by atoms with Gasteiger partial charge < -0.3 is 10.3 Å². The summed E-state index contributed by atoms with van der Waals surface area (Å²) >= 11 is 0. The van der Waals surface area contributed by atoms with Gasteiger partial charge in [-0.3, -0.25) is 4.98 Å². The fourth-order valence-corrected chi connectivity index (χ4v) is 1.94. The molecule has 0 aliphatic rings. The van der Waals surface area contributed by atoms with Crippen LogP contribution in [0.4, 0.5) is 0 Å². The Hall–Kier alpha value is -2.20. The lowest BCUT2D eigenvalue weighted by molar-refractivity contribution is 0.693. The number of nitrogens with zero attached hydrogens (tertiary/aromatic N) is 2. The lowest BCUT2D eigenvalue weighted by Gasteiger charge is -2.05. The van der Waals surface area contributed by atoms with Crippen molar-refractivity contribution in [2.24, 2.45) is 0 Å². The molecule has 0 atom stereocenters. The number of hydrogen-bond donors (Lipinski definition) is 2. The van der Waals surface area contributed by atoms with Gasteiger partial charge in [0.2, 0.25) is 0 Å². The van der Waals surface area contributed by atoms with Gasteiger partial charge in [-0.2, -0.15) is 0 Å². The normalized spacial score (nSPS) is 10.9. The maximum absolute atomic E-state index is 4.20. The summed E-state index contributed by atoms with van der Waals surface area (Å²) in [5.41, 5.74) is 4.58. The lowest BCUT2D eigenvalue weighted by atomic mass is 10.2. The molecule has 0 bridgehead atoms. The number of aromatic nitrogens is 3. The van der Waals surface area contributed by atoms with Gasteiger partial charge in [-0.05, 0) is 35.4 Å². The Labute approximate surface area is 105 Å². The Morgan fingerprint density at radius 2 is 1.83 bits per heavy atom. The smallest absolute Gasteiger partial charge is 0.0931 e. The molecule has 0 aliphatic carbocycles. The van der Waals surface area contributed by atoms with E-state index in [1.807, 2.05) is 30.6 Å². The molecule has 1 aromatic carbocycles. The molecule has 0 amide bonds. The first kappa shape index (κ1) is 10.9. The summed E-state index contributed by atoms with van der Waals surface area (Å²) in [4.78, 5) is 11.3. The van der Waals surface area contributed by atoms with E-state index in [-0.39, 0.29) is 0 Å². The van der Waals surface area contributed by atoms with Crippen molar-refractivity contribution in [2.45, 2.75) is 13.1 Å². The zero-order chi connectivity index (χ0) is 12.2. The molecular weight excluding hydrogens is 224 g/mol. The molecule has 0 saturated carbocycles. The highest BCUT2D eigenvalue weighted by molar-refractivity contribution is 5.74. The monoisotopic (exact) mass is 238 g/mol. The maximum atomic E-state index is 4.20. The van der Waals surface area contributed by atoms with Crippen LogP contribution in [0, 0.1) is 0 Å². The lowest BCUT2D eigenvalue weighted by Crippen LogP contribution is -2.12. The molecule has 0 unspecified atom stereocenters. The van der Waals surface area contributed by atoms with Crippen LogP contribution in [-0.4, -0.2) is 15.0 Å². The van der Waals surface area contributed by atoms with Crippen molar-refractivity contribution in [3.05, 3.63) is 60.2 Å². The Morgan fingerprint density at radius 3 is 2.72 bits per heavy atom. The van der Waals surface area contributed by atoms with Crippen LogP contribution in [0.3, 0.4) is 0 Å². The first-order chi connectivity index (χ1) is 8.92. The van der Waals surface area contributed by atoms with Crippen molar-refractivity contribution in [2.75, 3.05) is 0 Å². The number of imidazole rings is 1. The summed E-state index contributed by atoms with van der Waals surface area (Å²) in [6.45, 7) is 1.70. The van der Waals surface area contributed by atoms with Crippen LogP contribution >= 0.6 is 0 Å². The number of rotatable bonds is 4. The third kappa shape index (κ3) is 2.38. The van der Waals surface area contributed by atoms with E-state index in [1.54, 1.807) is 6.33 Å². The van der Waals surface area contributed by atoms with E-state index in [0.29, 0.717) is 0 Å². The predicted octanol–water partition coefficient (Wildman–Crippen LogP) is 2.25. The number of H-pyrrole nitrogens is 1. The summed E-state index contributed by atoms with van der Waals surface area (Å²) in [6.07, 6.45) is 5.35. The molecule has 4 heteroatoms. The van der Waals surface area contributed by atoms with Crippen molar-refractivity contribution >= 4 is 11.0 Å². The maximum Gasteiger partial charge on any atom is 0.0931 e. The zero-order valence-corrected chi connectivity index (χ0v) is 9.93. The van der Waals surface area contributed by atoms with E-state index < -0.39 is 0 Å². The molecule has 90 valence electrons. The van der Waals surface area contributed by atoms with E-state index in [0.717, 1.165) is 24.1 Å². The van der Waals surface area contributed by atoms with Gasteiger partial charge in [-0.1, -0.05) is 6.07 Å². The van der Waals surface area contributed by atoms with Crippen LogP contribution in [0.1, 0.15) is 11.1 Å². The quantitative estimate of drug-likeness (QED) is 0.733. The average molecular weight is 238 g/mol. The largest absolute Gasteiger partial charge is 0.345 e. The van der Waals surface area contributed by atoms with Gasteiger partial charge in [0.25, 0.3) is 0 Å². The summed E-state index contributed by atoms with van der Waals surface area (Å²) in [6, 6.07) is 10.3. The van der Waals surface area contributed by atoms with E-state index in [2.05, 4.69) is 32.4 Å². The highest BCUT2D eigenvalue weighted by Gasteiger charge is 1.98. The van der Waals surface area contributed by atoms with E-state index in [4.69, 9.17) is 0 Å². The molecule has 4 nitrogen and oxygen atoms in total. The Bertz CT molecular complexity index is 630. The van der Waals surface area contributed by atoms with Crippen molar-refractivity contribution < 1.29 is 0 Å². The number of aromatic amines is 1. The fraction of sp³-hybridized carbons (Fsp3) is 0.143. The number of pyridine rings is 1. The van der Waals surface area contributed by atoms with Gasteiger partial charge in [0.15, 0.2) is 0 Å². The molecule has 2 N–H and O–H groups in total. The second-order valence-corrected chi connectivity index (χ2v) is 4.21. The van der Waals surface area contributed by atoms with Gasteiger partial charge in [-0.25, -0.2) is 4.98 Å². The van der Waals surface area contributed by atoms with Gasteiger partial charge in [0.05, 0.1) is 17.4 Å². The van der Waals surface area contributed by atoms with Gasteiger partial charge in [0.1, 0.15) is 0 Å². The Balaban J connectivity index is 1.62. The first-order valence-electron chi connectivity index (χ1n) is 5.93. The van der Waals surface area contributed by atoms with Crippen LogP contribution in [-0.2, 0) is 13.1 Å². The number of benzene rings is 1. The van der Waals surface area contributed by atoms with Crippen molar-refractivity contribution in [1.29, 1.82) is 0 Å². The molecule has 18 heavy (non-hydrogen) atoms. The number of nitrogens with one attached hydrogen (secondary N) is 2. The van der Waals surface area contributed by atoms with Crippen molar-refractivity contribution in [3.8, 4) is 0 Å². The van der Waals surface area contributed by atoms with Crippen molar-refractivity contribution in [1.82, 2.24) is 20.3 Å². The highest BCUT2D eigenvalue weighted by atomic mass is 14.9. The van der Waals surface area contributed by atoms with Gasteiger partial charge in [0, 0.05) is 25.5 Å². The minimum Gasteiger partial charge on any atom is -0.345 e. The molecule has 2 heterocycles. The summed E-state index contributed by atoms with van der Waals surface area (Å²) in [5.74, 6) is 0. The van der Waals surface area contributed by atoms with Crippen LogP contribution in [0.15, 0.2) is 49.1 Å². The highest BCUT2D eigenvalue weighted by Crippen LogP contribution is 2.11. The molecule has 3 rings (SSSR count). The molecule has 2 aromatic heterocycles. The average Bonchev–Trinajstić information content (AvgIpc) is 2.87. The second kappa shape index (κ2) is 4.98. The minimum absolute atomic E-state index is 0.845. The zero-order valence-electron chi connectivity index (χ0n) is 9.93. The Kier molecular flexibility index (Phi) is 3.02. The van der Waals surface area contributed by atoms with Crippen LogP contribution in [0.2, 0.25) is 0 Å². The first-order valence-corrected chi connectivity index (χ1v) is 5.93. The molecule has 0 saturated heterocycles. The molecule has 0 aliphatic heterocycles. The summed E-state index contributed by atoms with van der Waals surface area (Å²) in [5, 5.41) is 3.41. The van der Waals surface area contributed by atoms with Crippen molar-refractivity contribution in [3.63, 3.8) is 0 Å². The van der Waals surface area contributed by atoms with Crippen LogP contribution < -0.4 is 5.32 Å². The minimum atomic E-state index is 0.845. The van der Waals surface area contributed by atoms with Gasteiger partial charge >= 0.3 is 0 Å². The summed E-state index contributed by atoms with van der Waals surface area (Å²) in [7, 11) is 0. The number of fused-ring (bicyclic) bond motifs is 1. The van der Waals surface area contributed by atoms with Crippen LogP contribution in [0.5, 0.6) is 0 Å². The SMILES string of the molecule is c1cc(CNCc2ccc3nc[nH]c3c2)ccn1. The fourth-order valence-electron chi connectivity index (χ4n) is 1.94. The van der Waals surface area contributed by atoms with E-state index in [9.17, 15) is 0 Å². The molecule has 0 spiro atoms. The molecule has 0 radical (unpaired) electrons. The standard InChI is InChI=1S/C14H14N4/c1-2-13-14(18-10-17-13)7-12(1)9-16-8-11-3-5-15-6-4-11/h1-7,10,16H,8-9H2,(H,17,18). The van der Waals surface area contributed by atoms with E-state index in [1.165, 1.54) is 11.1 Å². The Morgan fingerprint density at radius 1 is 1.00 bits per heavy atom. The number of hydrogen-bond acceptors (Lipinski definition) is 3. The third-order valence-corrected chi connectivity index (χ3v) is 2.89. The molecule has 0 fully saturated rings. The molecular formula is C14H14N4. The van der Waals surface area contributed by atoms with E-state index >= 15 is 0 Å². The topological polar surface area (TPSA) is 53.6 Å². The third-order valence-electron chi connectivity index (χ3n) is 2.89. The predicted molar refractivity (Wildman–Crippen MR) is 70.9 cm³/mol. The molecule has 3 aromatic rings. The summed E-state index contributed by atoms with van der Waals surface area (Å²) < 4.78 is 0. The second-order valence-electron chi connectivity index (χ2n) is 4.21.